The van der Waals surface area contributed by atoms with Crippen molar-refractivity contribution in [3.05, 3.63) is 35.4 Å². The van der Waals surface area contributed by atoms with Gasteiger partial charge in [-0.15, -0.1) is 0 Å². The molecule has 1 aromatic carbocycles. The van der Waals surface area contributed by atoms with Crippen molar-refractivity contribution in [2.24, 2.45) is 0 Å². The lowest BCUT2D eigenvalue weighted by molar-refractivity contribution is 0.0960. The van der Waals surface area contributed by atoms with Crippen LogP contribution in [-0.4, -0.2) is 43.4 Å². The molecule has 0 atom stereocenters. The molecule has 0 amide bonds. The number of rotatable bonds is 5. The van der Waals surface area contributed by atoms with E-state index in [1.165, 1.54) is 5.56 Å². The number of nitrogens with zero attached hydrogens (tertiary/aromatic N) is 1. The fourth-order valence-corrected chi connectivity index (χ4v) is 2.27. The first-order valence-electron chi connectivity index (χ1n) is 6.85. The summed E-state index contributed by atoms with van der Waals surface area (Å²) < 4.78 is 0. The van der Waals surface area contributed by atoms with Crippen LogP contribution in [0.1, 0.15) is 29.3 Å². The second-order valence-electron chi connectivity index (χ2n) is 4.82. The summed E-state index contributed by atoms with van der Waals surface area (Å²) in [5.41, 5.74) is 2.14. The molecule has 0 spiro atoms. The monoisotopic (exact) mass is 246 g/mol. The van der Waals surface area contributed by atoms with Crippen molar-refractivity contribution in [2.45, 2.75) is 19.8 Å². The van der Waals surface area contributed by atoms with Gasteiger partial charge in [0.05, 0.1) is 0 Å². The Bertz CT molecular complexity index is 380. The zero-order valence-electron chi connectivity index (χ0n) is 11.1. The average Bonchev–Trinajstić information content (AvgIpc) is 2.46. The van der Waals surface area contributed by atoms with Crippen molar-refractivity contribution in [3.8, 4) is 0 Å². The number of Topliss-reactive ketones (excluding diaryl/α,β-unsaturated/α-hetero) is 1. The van der Waals surface area contributed by atoms with E-state index < -0.39 is 0 Å². The number of hydrogen-bond acceptors (Lipinski definition) is 3. The van der Waals surface area contributed by atoms with E-state index in [2.05, 4.69) is 29.3 Å². The van der Waals surface area contributed by atoms with Gasteiger partial charge in [-0.25, -0.2) is 0 Å². The Hall–Kier alpha value is -1.19. The second kappa shape index (κ2) is 6.66. The number of carbonyl (C=O) groups excluding carboxylic acids is 1. The van der Waals surface area contributed by atoms with Crippen molar-refractivity contribution in [3.63, 3.8) is 0 Å². The number of hydrogen-bond donors (Lipinski definition) is 1. The Morgan fingerprint density at radius 1 is 1.22 bits per heavy atom. The summed E-state index contributed by atoms with van der Waals surface area (Å²) in [7, 11) is 0. The number of ketones is 1. The highest BCUT2D eigenvalue weighted by Crippen LogP contribution is 2.08. The summed E-state index contributed by atoms with van der Waals surface area (Å²) >= 11 is 0. The zero-order chi connectivity index (χ0) is 12.8. The highest BCUT2D eigenvalue weighted by molar-refractivity contribution is 5.96. The van der Waals surface area contributed by atoms with E-state index in [1.807, 2.05) is 12.1 Å². The molecule has 3 heteroatoms. The first-order valence-corrected chi connectivity index (χ1v) is 6.85. The molecule has 1 aromatic rings. The molecule has 1 aliphatic heterocycles. The molecule has 0 aromatic heterocycles. The van der Waals surface area contributed by atoms with Gasteiger partial charge >= 0.3 is 0 Å². The third kappa shape index (κ3) is 3.65. The standard InChI is InChI=1S/C15H22N2O/c1-2-13-3-5-14(6-4-13)15(18)7-10-17-11-8-16-9-12-17/h3-6,16H,2,7-12H2,1H3. The van der Waals surface area contributed by atoms with Crippen LogP contribution in [0.25, 0.3) is 0 Å². The predicted molar refractivity (Wildman–Crippen MR) is 74.1 cm³/mol. The molecule has 1 heterocycles. The molecule has 1 N–H and O–H groups in total. The molecule has 0 aliphatic carbocycles. The first-order chi connectivity index (χ1) is 8.79. The van der Waals surface area contributed by atoms with Gasteiger partial charge in [-0.3, -0.25) is 4.79 Å². The minimum atomic E-state index is 0.260. The minimum absolute atomic E-state index is 0.260. The lowest BCUT2D eigenvalue weighted by Gasteiger charge is -2.26. The topological polar surface area (TPSA) is 32.3 Å². The van der Waals surface area contributed by atoms with Crippen LogP contribution < -0.4 is 5.32 Å². The largest absolute Gasteiger partial charge is 0.314 e. The Morgan fingerprint density at radius 3 is 2.50 bits per heavy atom. The van der Waals surface area contributed by atoms with E-state index in [1.54, 1.807) is 0 Å². The van der Waals surface area contributed by atoms with Gasteiger partial charge in [-0.05, 0) is 12.0 Å². The maximum atomic E-state index is 12.0. The summed E-state index contributed by atoms with van der Waals surface area (Å²) in [6.07, 6.45) is 1.65. The van der Waals surface area contributed by atoms with Gasteiger partial charge in [-0.1, -0.05) is 31.2 Å². The fourth-order valence-electron chi connectivity index (χ4n) is 2.27. The van der Waals surface area contributed by atoms with Crippen LogP contribution in [0, 0.1) is 0 Å². The molecule has 0 radical (unpaired) electrons. The number of piperazine rings is 1. The number of nitrogens with one attached hydrogen (secondary N) is 1. The molecule has 2 rings (SSSR count). The lowest BCUT2D eigenvalue weighted by atomic mass is 10.0. The molecule has 1 saturated heterocycles. The van der Waals surface area contributed by atoms with Crippen LogP contribution in [0.3, 0.4) is 0 Å². The molecular formula is C15H22N2O. The molecule has 0 bridgehead atoms. The number of aryl methyl sites for hydroxylation is 1. The van der Waals surface area contributed by atoms with Crippen molar-refractivity contribution in [1.29, 1.82) is 0 Å². The van der Waals surface area contributed by atoms with E-state index in [-0.39, 0.29) is 5.78 Å². The van der Waals surface area contributed by atoms with E-state index in [4.69, 9.17) is 0 Å². The van der Waals surface area contributed by atoms with E-state index in [0.29, 0.717) is 6.42 Å². The second-order valence-corrected chi connectivity index (χ2v) is 4.82. The van der Waals surface area contributed by atoms with Crippen LogP contribution >= 0.6 is 0 Å². The van der Waals surface area contributed by atoms with Gasteiger partial charge in [0.25, 0.3) is 0 Å². The average molecular weight is 246 g/mol. The third-order valence-electron chi connectivity index (χ3n) is 3.55. The fraction of sp³-hybridized carbons (Fsp3) is 0.533. The van der Waals surface area contributed by atoms with E-state index in [0.717, 1.165) is 44.7 Å². The normalized spacial score (nSPS) is 16.7. The summed E-state index contributed by atoms with van der Waals surface area (Å²) in [5.74, 6) is 0.260. The highest BCUT2D eigenvalue weighted by Gasteiger charge is 2.12. The van der Waals surface area contributed by atoms with Crippen LogP contribution in [0.15, 0.2) is 24.3 Å². The quantitative estimate of drug-likeness (QED) is 0.803. The van der Waals surface area contributed by atoms with Gasteiger partial charge in [0.1, 0.15) is 0 Å². The molecule has 0 unspecified atom stereocenters. The van der Waals surface area contributed by atoms with E-state index in [9.17, 15) is 4.79 Å². The van der Waals surface area contributed by atoms with E-state index >= 15 is 0 Å². The maximum absolute atomic E-state index is 12.0. The van der Waals surface area contributed by atoms with Crippen LogP contribution in [0.5, 0.6) is 0 Å². The molecule has 0 saturated carbocycles. The van der Waals surface area contributed by atoms with Gasteiger partial charge < -0.3 is 10.2 Å². The first kappa shape index (κ1) is 13.2. The van der Waals surface area contributed by atoms with Gasteiger partial charge in [0, 0.05) is 44.7 Å². The zero-order valence-corrected chi connectivity index (χ0v) is 11.1. The Morgan fingerprint density at radius 2 is 1.89 bits per heavy atom. The van der Waals surface area contributed by atoms with Crippen LogP contribution in [-0.2, 0) is 6.42 Å². The summed E-state index contributed by atoms with van der Waals surface area (Å²) in [5, 5.41) is 3.32. The summed E-state index contributed by atoms with van der Waals surface area (Å²) in [6, 6.07) is 8.02. The Balaban J connectivity index is 1.82. The Labute approximate surface area is 109 Å². The van der Waals surface area contributed by atoms with Crippen molar-refractivity contribution < 1.29 is 4.79 Å². The smallest absolute Gasteiger partial charge is 0.164 e. The summed E-state index contributed by atoms with van der Waals surface area (Å²) in [6.45, 7) is 7.21. The maximum Gasteiger partial charge on any atom is 0.164 e. The lowest BCUT2D eigenvalue weighted by Crippen LogP contribution is -2.44. The minimum Gasteiger partial charge on any atom is -0.314 e. The molecule has 1 aliphatic rings. The van der Waals surface area contributed by atoms with Crippen molar-refractivity contribution in [1.82, 2.24) is 10.2 Å². The van der Waals surface area contributed by atoms with Gasteiger partial charge in [0.15, 0.2) is 5.78 Å². The Kier molecular flexibility index (Phi) is 4.90. The number of carbonyl (C=O) groups is 1. The predicted octanol–water partition coefficient (Wildman–Crippen LogP) is 1.73. The molecule has 1 fully saturated rings. The molecule has 98 valence electrons. The summed E-state index contributed by atoms with van der Waals surface area (Å²) in [4.78, 5) is 14.4. The molecule has 18 heavy (non-hydrogen) atoms. The SMILES string of the molecule is CCc1ccc(C(=O)CCN2CCNCC2)cc1. The van der Waals surface area contributed by atoms with Crippen molar-refractivity contribution in [2.75, 3.05) is 32.7 Å². The highest BCUT2D eigenvalue weighted by atomic mass is 16.1. The van der Waals surface area contributed by atoms with Crippen LogP contribution in [0.4, 0.5) is 0 Å². The third-order valence-corrected chi connectivity index (χ3v) is 3.55. The van der Waals surface area contributed by atoms with Gasteiger partial charge in [-0.2, -0.15) is 0 Å². The van der Waals surface area contributed by atoms with Crippen LogP contribution in [0.2, 0.25) is 0 Å². The molecule has 3 nitrogen and oxygen atoms in total. The molecular weight excluding hydrogens is 224 g/mol. The van der Waals surface area contributed by atoms with Crippen molar-refractivity contribution >= 4 is 5.78 Å². The number of benzene rings is 1. The van der Waals surface area contributed by atoms with Gasteiger partial charge in [0.2, 0.25) is 0 Å².